The van der Waals surface area contributed by atoms with Gasteiger partial charge in [-0.05, 0) is 128 Å². The Labute approximate surface area is 449 Å². The number of ketones is 1. The molecule has 1 aromatic carbocycles. The van der Waals surface area contributed by atoms with Crippen molar-refractivity contribution in [2.75, 3.05) is 61.7 Å². The van der Waals surface area contributed by atoms with Crippen LogP contribution in [0.1, 0.15) is 119 Å². The minimum Gasteiger partial charge on any atom is -0.455 e. The third-order valence-electron chi connectivity index (χ3n) is 14.9. The molecule has 1 saturated heterocycles. The van der Waals surface area contributed by atoms with Gasteiger partial charge in [0.25, 0.3) is 0 Å². The number of rotatable bonds is 36. The number of amides is 5. The zero-order valence-corrected chi connectivity index (χ0v) is 51.0. The van der Waals surface area contributed by atoms with E-state index in [0.29, 0.717) is 58.4 Å². The van der Waals surface area contributed by atoms with Gasteiger partial charge in [0.1, 0.15) is 17.9 Å². The number of benzene rings is 1. The van der Waals surface area contributed by atoms with Gasteiger partial charge in [-0.2, -0.15) is 0 Å². The lowest BCUT2D eigenvalue weighted by molar-refractivity contribution is -0.143. The average Bonchev–Trinajstić information content (AvgIpc) is 3.81. The second kappa shape index (κ2) is 32.9. The van der Waals surface area contributed by atoms with Crippen LogP contribution in [0.2, 0.25) is 38.3 Å². The van der Waals surface area contributed by atoms with E-state index >= 15 is 0 Å². The fraction of sp³-hybridized carbons (Fsp3) is 0.786. The summed E-state index contributed by atoms with van der Waals surface area (Å²) in [4.78, 5) is 87.5. The van der Waals surface area contributed by atoms with Crippen LogP contribution in [-0.4, -0.2) is 171 Å². The van der Waals surface area contributed by atoms with E-state index in [4.69, 9.17) is 18.3 Å². The third kappa shape index (κ3) is 22.6. The predicted octanol–water partition coefficient (Wildman–Crippen LogP) is 7.46. The summed E-state index contributed by atoms with van der Waals surface area (Å²) < 4.78 is 24.2. The maximum atomic E-state index is 14.2. The lowest BCUT2D eigenvalue weighted by atomic mass is 9.92. The minimum atomic E-state index is -2.08. The minimum absolute atomic E-state index is 0.0516. The molecule has 0 aromatic heterocycles. The highest BCUT2D eigenvalue weighted by Crippen LogP contribution is 2.30. The van der Waals surface area contributed by atoms with E-state index in [0.717, 1.165) is 43.3 Å². The Kier molecular flexibility index (Phi) is 29.6. The SMILES string of the molecule is CCOCCCC(=O)CCC[Si](C)(C)O[Si](C)(C)CCCNC(=O)[C@H](Cc1ccccc1)NC(=O)[C@H](C)[C@@H](OC)[C@@H]1CCCN1C(=O)C[C@H](C[C@H](C)[C@@H](C)N(C)C(=O)[C@@H](NC(=O)[C@H](C(C)C)N(C)C)C(C)C)OC. The van der Waals surface area contributed by atoms with Gasteiger partial charge in [0, 0.05) is 72.9 Å². The second-order valence-corrected chi connectivity index (χ2v) is 31.9. The number of likely N-dealkylation sites (N-methyl/N-ethyl adjacent to an activating group) is 2. The summed E-state index contributed by atoms with van der Waals surface area (Å²) in [5, 5.41) is 9.20. The Hall–Kier alpha value is -3.53. The van der Waals surface area contributed by atoms with Crippen molar-refractivity contribution in [3.63, 3.8) is 0 Å². The lowest BCUT2D eigenvalue weighted by Crippen LogP contribution is -2.57. The Morgan fingerprint density at radius 1 is 0.784 bits per heavy atom. The van der Waals surface area contributed by atoms with Crippen LogP contribution in [0.5, 0.6) is 0 Å². The molecule has 9 atom stereocenters. The summed E-state index contributed by atoms with van der Waals surface area (Å²) >= 11 is 0. The van der Waals surface area contributed by atoms with E-state index < -0.39 is 46.8 Å². The molecule has 0 aliphatic carbocycles. The van der Waals surface area contributed by atoms with Crippen LogP contribution in [0.15, 0.2) is 30.3 Å². The van der Waals surface area contributed by atoms with Crippen LogP contribution >= 0.6 is 0 Å². The van der Waals surface area contributed by atoms with Crippen LogP contribution < -0.4 is 16.0 Å². The molecule has 0 saturated carbocycles. The van der Waals surface area contributed by atoms with E-state index in [9.17, 15) is 28.8 Å². The molecule has 0 radical (unpaired) electrons. The van der Waals surface area contributed by atoms with Crippen molar-refractivity contribution in [3.8, 4) is 0 Å². The zero-order valence-electron chi connectivity index (χ0n) is 49.0. The molecule has 1 aliphatic heterocycles. The van der Waals surface area contributed by atoms with Crippen molar-refractivity contribution in [1.29, 1.82) is 0 Å². The Bertz CT molecular complexity index is 1860. The third-order valence-corrected chi connectivity index (χ3v) is 22.5. The topological polar surface area (TPSA) is 185 Å². The molecule has 0 bridgehead atoms. The van der Waals surface area contributed by atoms with Crippen LogP contribution in [-0.2, 0) is 53.5 Å². The highest BCUT2D eigenvalue weighted by atomic mass is 28.4. The van der Waals surface area contributed by atoms with Crippen LogP contribution in [0.25, 0.3) is 0 Å². The number of methoxy groups -OCH3 is 2. The standard InChI is InChI=1S/C56H102N6O10Si2/c1-18-71-33-23-28-45(63)29-24-34-73(14,15)72-74(16,17)35-25-31-57-54(66)47(37-44-26-20-19-21-27-44)58-53(65)42(7)52(70-13)48-30-22-32-62(48)49(64)38-46(69-12)36-41(6)43(8)61(11)56(68)50(39(2)3)59-55(67)51(40(4)5)60(9)10/h19-21,26-27,39-43,46-48,50-52H,18,22-25,28-38H2,1-17H3,(H,57,66)(H,58,65)(H,59,67)/t41-,42+,43+,46-,47-,48-,50-,51-,52+/m0/s1. The number of ether oxygens (including phenoxy) is 3. The fourth-order valence-corrected chi connectivity index (χ4v) is 19.4. The van der Waals surface area contributed by atoms with Crippen molar-refractivity contribution >= 4 is 52.0 Å². The van der Waals surface area contributed by atoms with E-state index in [1.807, 2.05) is 103 Å². The van der Waals surface area contributed by atoms with Gasteiger partial charge < -0.3 is 44.1 Å². The van der Waals surface area contributed by atoms with Crippen LogP contribution in [0.4, 0.5) is 0 Å². The monoisotopic (exact) mass is 1070 g/mol. The van der Waals surface area contributed by atoms with Gasteiger partial charge in [-0.3, -0.25) is 33.7 Å². The number of carbonyl (C=O) groups is 6. The molecule has 1 aliphatic rings. The molecule has 1 fully saturated rings. The van der Waals surface area contributed by atoms with Crippen molar-refractivity contribution in [2.45, 2.75) is 200 Å². The van der Waals surface area contributed by atoms with Gasteiger partial charge in [-0.25, -0.2) is 0 Å². The van der Waals surface area contributed by atoms with E-state index in [1.165, 1.54) is 0 Å². The molecular weight excluding hydrogens is 973 g/mol. The zero-order chi connectivity index (χ0) is 55.9. The molecule has 2 rings (SSSR count). The number of hydrogen-bond donors (Lipinski definition) is 3. The number of nitrogens with one attached hydrogen (secondary N) is 3. The number of likely N-dealkylation sites (tertiary alicyclic amines) is 1. The summed E-state index contributed by atoms with van der Waals surface area (Å²) in [5.41, 5.74) is 0.913. The van der Waals surface area contributed by atoms with Crippen molar-refractivity contribution in [1.82, 2.24) is 30.7 Å². The first-order chi connectivity index (χ1) is 34.7. The normalized spacial score (nSPS) is 17.6. The average molecular weight is 1080 g/mol. The molecule has 424 valence electrons. The summed E-state index contributed by atoms with van der Waals surface area (Å²) in [7, 11) is 4.58. The van der Waals surface area contributed by atoms with Crippen LogP contribution in [0.3, 0.4) is 0 Å². The molecule has 0 spiro atoms. The van der Waals surface area contributed by atoms with E-state index in [1.54, 1.807) is 33.1 Å². The first kappa shape index (κ1) is 66.6. The molecule has 74 heavy (non-hydrogen) atoms. The molecule has 5 amide bonds. The van der Waals surface area contributed by atoms with Gasteiger partial charge in [0.05, 0.1) is 36.6 Å². The highest BCUT2D eigenvalue weighted by Gasteiger charge is 2.42. The van der Waals surface area contributed by atoms with Gasteiger partial charge in [-0.15, -0.1) is 0 Å². The van der Waals surface area contributed by atoms with Crippen molar-refractivity contribution < 1.29 is 47.1 Å². The Morgan fingerprint density at radius 2 is 1.41 bits per heavy atom. The summed E-state index contributed by atoms with van der Waals surface area (Å²) in [6.07, 6.45) is 4.77. The first-order valence-electron chi connectivity index (χ1n) is 27.7. The molecular formula is C56H102N6O10Si2. The quantitative estimate of drug-likeness (QED) is 0.0448. The van der Waals surface area contributed by atoms with Gasteiger partial charge in [0.2, 0.25) is 29.5 Å². The van der Waals surface area contributed by atoms with Crippen molar-refractivity contribution in [2.24, 2.45) is 23.7 Å². The molecule has 0 unspecified atom stereocenters. The summed E-state index contributed by atoms with van der Waals surface area (Å²) in [6, 6.07) is 8.92. The predicted molar refractivity (Wildman–Crippen MR) is 301 cm³/mol. The molecule has 1 heterocycles. The van der Waals surface area contributed by atoms with E-state index in [2.05, 4.69) is 42.1 Å². The van der Waals surface area contributed by atoms with Crippen molar-refractivity contribution in [3.05, 3.63) is 35.9 Å². The number of hydrogen-bond acceptors (Lipinski definition) is 11. The largest absolute Gasteiger partial charge is 0.455 e. The fourth-order valence-electron chi connectivity index (χ4n) is 10.6. The Morgan fingerprint density at radius 3 is 1.97 bits per heavy atom. The number of nitrogens with zero attached hydrogens (tertiary/aromatic N) is 3. The molecule has 3 N–H and O–H groups in total. The summed E-state index contributed by atoms with van der Waals surface area (Å²) in [5.74, 6) is -1.56. The second-order valence-electron chi connectivity index (χ2n) is 23.1. The van der Waals surface area contributed by atoms with Gasteiger partial charge in [0.15, 0.2) is 16.6 Å². The maximum absolute atomic E-state index is 14.2. The Balaban J connectivity index is 2.07. The smallest absolute Gasteiger partial charge is 0.245 e. The van der Waals surface area contributed by atoms with E-state index in [-0.39, 0.29) is 77.6 Å². The molecule has 1 aromatic rings. The number of Topliss-reactive ketones (excluding diaryl/α,β-unsaturated/α-hetero) is 1. The highest BCUT2D eigenvalue weighted by molar-refractivity contribution is 6.84. The van der Waals surface area contributed by atoms with Gasteiger partial charge >= 0.3 is 0 Å². The summed E-state index contributed by atoms with van der Waals surface area (Å²) in [6.45, 7) is 26.8. The lowest BCUT2D eigenvalue weighted by Gasteiger charge is -2.37. The number of carbonyl (C=O) groups excluding carboxylic acids is 6. The molecule has 16 nitrogen and oxygen atoms in total. The maximum Gasteiger partial charge on any atom is 0.245 e. The molecule has 18 heteroatoms. The first-order valence-corrected chi connectivity index (χ1v) is 33.9. The van der Waals surface area contributed by atoms with Crippen LogP contribution in [0, 0.1) is 23.7 Å². The van der Waals surface area contributed by atoms with Gasteiger partial charge in [-0.1, -0.05) is 71.9 Å².